The van der Waals surface area contributed by atoms with Gasteiger partial charge in [0.05, 0.1) is 13.2 Å². The van der Waals surface area contributed by atoms with E-state index in [9.17, 15) is 4.79 Å². The Morgan fingerprint density at radius 3 is 2.62 bits per heavy atom. The van der Waals surface area contributed by atoms with Crippen LogP contribution in [0.1, 0.15) is 32.1 Å². The monoisotopic (exact) mass is 227 g/mol. The van der Waals surface area contributed by atoms with E-state index in [0.29, 0.717) is 31.5 Å². The molecular formula is C12H21NO3. The lowest BCUT2D eigenvalue weighted by molar-refractivity contribution is -0.148. The van der Waals surface area contributed by atoms with Gasteiger partial charge in [-0.05, 0) is 31.2 Å². The van der Waals surface area contributed by atoms with E-state index < -0.39 is 0 Å². The molecule has 0 radical (unpaired) electrons. The first kappa shape index (κ1) is 11.9. The van der Waals surface area contributed by atoms with Gasteiger partial charge in [-0.3, -0.25) is 0 Å². The molecule has 0 amide bonds. The molecule has 1 aliphatic carbocycles. The van der Waals surface area contributed by atoms with E-state index in [2.05, 4.69) is 0 Å². The van der Waals surface area contributed by atoms with Gasteiger partial charge in [0.25, 0.3) is 0 Å². The van der Waals surface area contributed by atoms with Gasteiger partial charge in [-0.1, -0.05) is 12.8 Å². The highest BCUT2D eigenvalue weighted by Crippen LogP contribution is 2.30. The number of carbonyl (C=O) groups is 1. The van der Waals surface area contributed by atoms with E-state index in [1.165, 1.54) is 25.7 Å². The van der Waals surface area contributed by atoms with E-state index in [4.69, 9.17) is 15.2 Å². The Morgan fingerprint density at radius 2 is 2.00 bits per heavy atom. The Labute approximate surface area is 96.5 Å². The molecule has 3 atom stereocenters. The Morgan fingerprint density at radius 1 is 1.25 bits per heavy atom. The fraction of sp³-hybridized carbons (Fsp3) is 0.917. The molecule has 1 saturated heterocycles. The maximum Gasteiger partial charge on any atom is 0.335 e. The van der Waals surface area contributed by atoms with Gasteiger partial charge in [0.2, 0.25) is 0 Å². The van der Waals surface area contributed by atoms with E-state index >= 15 is 0 Å². The molecule has 0 aromatic heterocycles. The lowest BCUT2D eigenvalue weighted by Gasteiger charge is -2.30. The zero-order valence-electron chi connectivity index (χ0n) is 9.69. The summed E-state index contributed by atoms with van der Waals surface area (Å²) in [7, 11) is 0. The minimum absolute atomic E-state index is 0.194. The first-order valence-electron chi connectivity index (χ1n) is 6.29. The summed E-state index contributed by atoms with van der Waals surface area (Å²) in [5.74, 6) is 0.915. The van der Waals surface area contributed by atoms with Gasteiger partial charge in [-0.15, -0.1) is 0 Å². The first-order valence-corrected chi connectivity index (χ1v) is 6.29. The van der Waals surface area contributed by atoms with Crippen molar-refractivity contribution in [2.45, 2.75) is 38.2 Å². The second-order valence-electron chi connectivity index (χ2n) is 4.82. The Hall–Kier alpha value is -0.610. The zero-order chi connectivity index (χ0) is 11.4. The second-order valence-corrected chi connectivity index (χ2v) is 4.82. The summed E-state index contributed by atoms with van der Waals surface area (Å²) in [5.41, 5.74) is 5.76. The molecule has 0 bridgehead atoms. The third-order valence-corrected chi connectivity index (χ3v) is 3.77. The fourth-order valence-corrected chi connectivity index (χ4v) is 2.68. The maximum atomic E-state index is 11.2. The van der Waals surface area contributed by atoms with Crippen molar-refractivity contribution in [1.82, 2.24) is 0 Å². The Kier molecular flexibility index (Phi) is 4.18. The average Bonchev–Trinajstić information content (AvgIpc) is 2.72. The molecule has 0 aromatic carbocycles. The first-order chi connectivity index (χ1) is 7.81. The fourth-order valence-electron chi connectivity index (χ4n) is 2.68. The number of hydrogen-bond acceptors (Lipinski definition) is 4. The van der Waals surface area contributed by atoms with Crippen molar-refractivity contribution in [3.63, 3.8) is 0 Å². The van der Waals surface area contributed by atoms with Crippen LogP contribution in [-0.4, -0.2) is 31.8 Å². The van der Waals surface area contributed by atoms with Gasteiger partial charge in [0.1, 0.15) is 0 Å². The summed E-state index contributed by atoms with van der Waals surface area (Å²) in [6, 6.07) is 0. The number of ether oxygens (including phenoxy) is 2. The minimum atomic E-state index is -0.319. The van der Waals surface area contributed by atoms with Crippen LogP contribution in [0.4, 0.5) is 0 Å². The molecular weight excluding hydrogens is 206 g/mol. The van der Waals surface area contributed by atoms with E-state index in [1.54, 1.807) is 0 Å². The molecule has 0 aromatic rings. The number of rotatable bonds is 4. The van der Waals surface area contributed by atoms with Crippen LogP contribution in [-0.2, 0) is 14.3 Å². The highest BCUT2D eigenvalue weighted by Gasteiger charge is 2.30. The highest BCUT2D eigenvalue weighted by atomic mass is 16.6. The van der Waals surface area contributed by atoms with Gasteiger partial charge < -0.3 is 15.2 Å². The third-order valence-electron chi connectivity index (χ3n) is 3.77. The molecule has 16 heavy (non-hydrogen) atoms. The topological polar surface area (TPSA) is 61.6 Å². The molecule has 2 N–H and O–H groups in total. The van der Waals surface area contributed by atoms with Gasteiger partial charge >= 0.3 is 5.97 Å². The lowest BCUT2D eigenvalue weighted by atomic mass is 9.80. The van der Waals surface area contributed by atoms with Crippen LogP contribution in [0.2, 0.25) is 0 Å². The number of esters is 1. The van der Waals surface area contributed by atoms with Gasteiger partial charge in [-0.2, -0.15) is 0 Å². The van der Waals surface area contributed by atoms with Crippen LogP contribution < -0.4 is 5.73 Å². The van der Waals surface area contributed by atoms with Crippen molar-refractivity contribution in [3.8, 4) is 0 Å². The van der Waals surface area contributed by atoms with Crippen molar-refractivity contribution in [3.05, 3.63) is 0 Å². The van der Waals surface area contributed by atoms with Gasteiger partial charge in [0.15, 0.2) is 6.10 Å². The summed E-state index contributed by atoms with van der Waals surface area (Å²) in [5, 5.41) is 0. The predicted molar refractivity (Wildman–Crippen MR) is 59.8 cm³/mol. The Bertz CT molecular complexity index is 244. The van der Waals surface area contributed by atoms with Crippen LogP contribution in [0.25, 0.3) is 0 Å². The third kappa shape index (κ3) is 2.74. The van der Waals surface area contributed by atoms with Crippen LogP contribution in [0.3, 0.4) is 0 Å². The lowest BCUT2D eigenvalue weighted by Crippen LogP contribution is -2.32. The SMILES string of the molecule is NCC1CCCCC1COC1CCOC1=O. The smallest absolute Gasteiger partial charge is 0.335 e. The number of cyclic esters (lactones) is 1. The highest BCUT2D eigenvalue weighted by molar-refractivity contribution is 5.76. The van der Waals surface area contributed by atoms with E-state index in [0.717, 1.165) is 6.54 Å². The molecule has 1 aliphatic heterocycles. The van der Waals surface area contributed by atoms with Crippen LogP contribution in [0.15, 0.2) is 0 Å². The maximum absolute atomic E-state index is 11.2. The normalized spacial score (nSPS) is 35.1. The average molecular weight is 227 g/mol. The quantitative estimate of drug-likeness (QED) is 0.730. The molecule has 2 aliphatic rings. The molecule has 4 heteroatoms. The van der Waals surface area contributed by atoms with Crippen molar-refractivity contribution in [2.24, 2.45) is 17.6 Å². The molecule has 4 nitrogen and oxygen atoms in total. The summed E-state index contributed by atoms with van der Waals surface area (Å²) in [6.07, 6.45) is 5.33. The molecule has 2 rings (SSSR count). The largest absolute Gasteiger partial charge is 0.464 e. The van der Waals surface area contributed by atoms with Crippen LogP contribution in [0.5, 0.6) is 0 Å². The molecule has 1 heterocycles. The van der Waals surface area contributed by atoms with Gasteiger partial charge in [-0.25, -0.2) is 4.79 Å². The van der Waals surface area contributed by atoms with Crippen LogP contribution >= 0.6 is 0 Å². The zero-order valence-corrected chi connectivity index (χ0v) is 9.69. The van der Waals surface area contributed by atoms with E-state index in [-0.39, 0.29) is 12.1 Å². The van der Waals surface area contributed by atoms with Crippen molar-refractivity contribution < 1.29 is 14.3 Å². The number of carbonyl (C=O) groups excluding carboxylic acids is 1. The minimum Gasteiger partial charge on any atom is -0.464 e. The van der Waals surface area contributed by atoms with Crippen LogP contribution in [0, 0.1) is 11.8 Å². The van der Waals surface area contributed by atoms with E-state index in [1.807, 2.05) is 0 Å². The second kappa shape index (κ2) is 5.64. The summed E-state index contributed by atoms with van der Waals surface area (Å²) in [4.78, 5) is 11.2. The molecule has 3 unspecified atom stereocenters. The van der Waals surface area contributed by atoms with Crippen molar-refractivity contribution in [1.29, 1.82) is 0 Å². The number of hydrogen-bond donors (Lipinski definition) is 1. The van der Waals surface area contributed by atoms with Gasteiger partial charge in [0, 0.05) is 6.42 Å². The molecule has 0 spiro atoms. The molecule has 1 saturated carbocycles. The summed E-state index contributed by atoms with van der Waals surface area (Å²) >= 11 is 0. The number of nitrogens with two attached hydrogens (primary N) is 1. The molecule has 2 fully saturated rings. The summed E-state index contributed by atoms with van der Waals surface area (Å²) in [6.45, 7) is 1.92. The Balaban J connectivity index is 1.77. The standard InChI is InChI=1S/C12H21NO3/c13-7-9-3-1-2-4-10(9)8-16-11-5-6-15-12(11)14/h9-11H,1-8,13H2. The predicted octanol–water partition coefficient (Wildman–Crippen LogP) is 1.08. The van der Waals surface area contributed by atoms with Crippen molar-refractivity contribution >= 4 is 5.97 Å². The summed E-state index contributed by atoms with van der Waals surface area (Å²) < 4.78 is 10.5. The van der Waals surface area contributed by atoms with Crippen molar-refractivity contribution in [2.75, 3.05) is 19.8 Å². The molecule has 92 valence electrons.